The molecule has 0 saturated carbocycles. The number of aryl methyl sites for hydroxylation is 2. The summed E-state index contributed by atoms with van der Waals surface area (Å²) in [7, 11) is 0. The van der Waals surface area contributed by atoms with Gasteiger partial charge in [0.25, 0.3) is 0 Å². The first-order chi connectivity index (χ1) is 8.49. The fraction of sp³-hybridized carbons (Fsp3) is 0.300. The lowest BCUT2D eigenvalue weighted by Crippen LogP contribution is -2.11. The summed E-state index contributed by atoms with van der Waals surface area (Å²) in [5.74, 6) is -0.558. The Hall–Kier alpha value is -1.11. The third kappa shape index (κ3) is 2.66. The molecular weight excluding hydrogens is 297 g/mol. The summed E-state index contributed by atoms with van der Waals surface area (Å²) in [6.45, 7) is 3.78. The summed E-state index contributed by atoms with van der Waals surface area (Å²) in [5, 5.41) is 4.41. The zero-order chi connectivity index (χ0) is 13.3. The number of carbonyl (C=O) groups is 1. The molecule has 0 N–H and O–H groups in total. The first-order valence-electron chi connectivity index (χ1n) is 4.98. The van der Waals surface area contributed by atoms with Crippen LogP contribution >= 0.6 is 34.7 Å². The van der Waals surface area contributed by atoms with Crippen molar-refractivity contribution in [3.63, 3.8) is 0 Å². The minimum atomic E-state index is -0.558. The van der Waals surface area contributed by atoms with E-state index in [-0.39, 0.29) is 21.8 Å². The van der Waals surface area contributed by atoms with Crippen LogP contribution in [0.25, 0.3) is 0 Å². The molecule has 0 aromatic carbocycles. The lowest BCUT2D eigenvalue weighted by molar-refractivity contribution is 0.0351. The van der Waals surface area contributed by atoms with Crippen LogP contribution in [0.2, 0.25) is 10.2 Å². The van der Waals surface area contributed by atoms with Crippen LogP contribution in [0.15, 0.2) is 6.07 Å². The normalized spacial score (nSPS) is 10.7. The van der Waals surface area contributed by atoms with Gasteiger partial charge in [0.15, 0.2) is 16.8 Å². The molecule has 2 aromatic rings. The number of hydrogen-bond acceptors (Lipinski definition) is 5. The van der Waals surface area contributed by atoms with Crippen LogP contribution in [0.5, 0.6) is 0 Å². The van der Waals surface area contributed by atoms with Crippen molar-refractivity contribution in [2.24, 2.45) is 0 Å². The first kappa shape index (κ1) is 13.3. The number of halogens is 2. The molecule has 0 atom stereocenters. The van der Waals surface area contributed by atoms with E-state index in [1.54, 1.807) is 4.68 Å². The van der Waals surface area contributed by atoms with Gasteiger partial charge in [-0.3, -0.25) is 0 Å². The van der Waals surface area contributed by atoms with E-state index >= 15 is 0 Å². The fourth-order valence-corrected chi connectivity index (χ4v) is 2.48. The van der Waals surface area contributed by atoms with Crippen LogP contribution in [0.4, 0.5) is 0 Å². The third-order valence-corrected chi connectivity index (χ3v) is 3.98. The van der Waals surface area contributed by atoms with Crippen molar-refractivity contribution in [3.8, 4) is 0 Å². The summed E-state index contributed by atoms with van der Waals surface area (Å²) in [6, 6.07) is 1.89. The Labute approximate surface area is 117 Å². The van der Waals surface area contributed by atoms with Crippen molar-refractivity contribution in [2.75, 3.05) is 0 Å². The molecule has 0 saturated heterocycles. The first-order valence-corrected chi connectivity index (χ1v) is 6.51. The summed E-state index contributed by atoms with van der Waals surface area (Å²) < 4.78 is 10.4. The predicted octanol–water partition coefficient (Wildman–Crippen LogP) is 3.08. The molecule has 2 heterocycles. The quantitative estimate of drug-likeness (QED) is 0.818. The van der Waals surface area contributed by atoms with Gasteiger partial charge in [-0.2, -0.15) is 9.47 Å². The second kappa shape index (κ2) is 5.26. The molecule has 0 aliphatic heterocycles. The van der Waals surface area contributed by atoms with Crippen molar-refractivity contribution in [2.45, 2.75) is 20.6 Å². The molecule has 0 radical (unpaired) electrons. The SMILES string of the molecule is Cc1cc(C)n(COC(=O)c2snc(Cl)c2Cl)n1. The molecule has 0 spiro atoms. The molecule has 18 heavy (non-hydrogen) atoms. The molecule has 0 bridgehead atoms. The average molecular weight is 306 g/mol. The van der Waals surface area contributed by atoms with Crippen LogP contribution in [-0.4, -0.2) is 20.1 Å². The summed E-state index contributed by atoms with van der Waals surface area (Å²) in [6.07, 6.45) is 0. The fourth-order valence-electron chi connectivity index (χ4n) is 1.38. The predicted molar refractivity (Wildman–Crippen MR) is 69.3 cm³/mol. The molecule has 0 aliphatic rings. The highest BCUT2D eigenvalue weighted by Crippen LogP contribution is 2.29. The lowest BCUT2D eigenvalue weighted by atomic mass is 10.4. The van der Waals surface area contributed by atoms with Gasteiger partial charge in [-0.15, -0.1) is 0 Å². The van der Waals surface area contributed by atoms with Gasteiger partial charge in [-0.1, -0.05) is 23.2 Å². The zero-order valence-electron chi connectivity index (χ0n) is 9.61. The maximum absolute atomic E-state index is 11.7. The van der Waals surface area contributed by atoms with E-state index in [4.69, 9.17) is 27.9 Å². The van der Waals surface area contributed by atoms with E-state index in [0.29, 0.717) is 0 Å². The largest absolute Gasteiger partial charge is 0.438 e. The standard InChI is InChI=1S/C10H9Cl2N3O2S/c1-5-3-6(2)15(13-5)4-17-10(16)8-7(11)9(12)14-18-8/h3H,4H2,1-2H3. The van der Waals surface area contributed by atoms with E-state index in [9.17, 15) is 4.79 Å². The molecule has 0 amide bonds. The van der Waals surface area contributed by atoms with Crippen molar-refractivity contribution in [1.82, 2.24) is 14.2 Å². The van der Waals surface area contributed by atoms with Gasteiger partial charge in [0.1, 0.15) is 5.02 Å². The zero-order valence-corrected chi connectivity index (χ0v) is 11.9. The molecule has 8 heteroatoms. The van der Waals surface area contributed by atoms with E-state index < -0.39 is 5.97 Å². The van der Waals surface area contributed by atoms with Crippen LogP contribution < -0.4 is 0 Å². The highest BCUT2D eigenvalue weighted by Gasteiger charge is 2.19. The second-order valence-corrected chi connectivity index (χ2v) is 5.11. The van der Waals surface area contributed by atoms with E-state index in [0.717, 1.165) is 22.9 Å². The maximum atomic E-state index is 11.7. The van der Waals surface area contributed by atoms with Crippen molar-refractivity contribution in [1.29, 1.82) is 0 Å². The summed E-state index contributed by atoms with van der Waals surface area (Å²) in [4.78, 5) is 11.9. The third-order valence-electron chi connectivity index (χ3n) is 2.20. The van der Waals surface area contributed by atoms with Crippen LogP contribution in [0, 0.1) is 13.8 Å². The smallest absolute Gasteiger partial charge is 0.353 e. The highest BCUT2D eigenvalue weighted by atomic mass is 35.5. The molecule has 0 aliphatic carbocycles. The number of rotatable bonds is 3. The number of hydrogen-bond donors (Lipinski definition) is 0. The number of nitrogens with zero attached hydrogens (tertiary/aromatic N) is 3. The van der Waals surface area contributed by atoms with E-state index in [1.807, 2.05) is 19.9 Å². The Balaban J connectivity index is 2.05. The Morgan fingerprint density at radius 1 is 1.50 bits per heavy atom. The van der Waals surface area contributed by atoms with Gasteiger partial charge in [0.05, 0.1) is 5.69 Å². The number of carbonyl (C=O) groups excluding carboxylic acids is 1. The van der Waals surface area contributed by atoms with Gasteiger partial charge in [0.2, 0.25) is 0 Å². The van der Waals surface area contributed by atoms with Gasteiger partial charge >= 0.3 is 5.97 Å². The summed E-state index contributed by atoms with van der Waals surface area (Å²) >= 11 is 12.4. The van der Waals surface area contributed by atoms with Crippen molar-refractivity contribution >= 4 is 40.7 Å². The monoisotopic (exact) mass is 305 g/mol. The minimum Gasteiger partial charge on any atom is -0.438 e. The van der Waals surface area contributed by atoms with Gasteiger partial charge in [-0.05, 0) is 31.4 Å². The molecule has 96 valence electrons. The van der Waals surface area contributed by atoms with Crippen molar-refractivity contribution in [3.05, 3.63) is 32.5 Å². The summed E-state index contributed by atoms with van der Waals surface area (Å²) in [5.41, 5.74) is 1.77. The van der Waals surface area contributed by atoms with E-state index in [1.165, 1.54) is 0 Å². The topological polar surface area (TPSA) is 57.0 Å². The Morgan fingerprint density at radius 2 is 2.22 bits per heavy atom. The molecular formula is C10H9Cl2N3O2S. The van der Waals surface area contributed by atoms with E-state index in [2.05, 4.69) is 9.47 Å². The molecule has 0 fully saturated rings. The number of esters is 1. The van der Waals surface area contributed by atoms with Gasteiger partial charge in [-0.25, -0.2) is 9.48 Å². The number of ether oxygens (including phenoxy) is 1. The minimum absolute atomic E-state index is 0.0321. The average Bonchev–Trinajstić information content (AvgIpc) is 2.80. The molecule has 2 aromatic heterocycles. The molecule has 0 unspecified atom stereocenters. The van der Waals surface area contributed by atoms with Crippen LogP contribution in [-0.2, 0) is 11.5 Å². The van der Waals surface area contributed by atoms with Crippen molar-refractivity contribution < 1.29 is 9.53 Å². The second-order valence-electron chi connectivity index (χ2n) is 3.60. The Bertz CT molecular complexity index is 594. The maximum Gasteiger partial charge on any atom is 0.353 e. The van der Waals surface area contributed by atoms with Gasteiger partial charge < -0.3 is 4.74 Å². The molecule has 2 rings (SSSR count). The Kier molecular flexibility index (Phi) is 3.89. The molecule has 5 nitrogen and oxygen atoms in total. The Morgan fingerprint density at radius 3 is 2.72 bits per heavy atom. The van der Waals surface area contributed by atoms with Gasteiger partial charge in [0, 0.05) is 5.69 Å². The number of aromatic nitrogens is 3. The van der Waals surface area contributed by atoms with Crippen LogP contribution in [0.1, 0.15) is 21.1 Å². The highest BCUT2D eigenvalue weighted by molar-refractivity contribution is 7.09. The van der Waals surface area contributed by atoms with Crippen LogP contribution in [0.3, 0.4) is 0 Å². The lowest BCUT2D eigenvalue weighted by Gasteiger charge is -2.05.